The van der Waals surface area contributed by atoms with Gasteiger partial charge in [0.15, 0.2) is 11.0 Å². The highest BCUT2D eigenvalue weighted by atomic mass is 79.9. The highest BCUT2D eigenvalue weighted by molar-refractivity contribution is 9.10. The predicted octanol–water partition coefficient (Wildman–Crippen LogP) is 4.80. The van der Waals surface area contributed by atoms with E-state index in [2.05, 4.69) is 37.8 Å². The van der Waals surface area contributed by atoms with Crippen LogP contribution in [0.3, 0.4) is 0 Å². The normalized spacial score (nSPS) is 28.0. The van der Waals surface area contributed by atoms with Crippen LogP contribution in [0.2, 0.25) is 5.15 Å². The molecule has 3 saturated carbocycles. The lowest BCUT2D eigenvalue weighted by Gasteiger charge is -2.73. The zero-order valence-electron chi connectivity index (χ0n) is 13.3. The fourth-order valence-electron chi connectivity index (χ4n) is 3.76. The number of rotatable bonds is 5. The van der Waals surface area contributed by atoms with Crippen molar-refractivity contribution in [1.29, 1.82) is 0 Å². The van der Waals surface area contributed by atoms with Crippen LogP contribution in [-0.4, -0.2) is 35.3 Å². The van der Waals surface area contributed by atoms with Crippen molar-refractivity contribution in [1.82, 2.24) is 9.97 Å². The fourth-order valence-corrected chi connectivity index (χ4v) is 4.31. The molecule has 9 heteroatoms. The molecule has 4 nitrogen and oxygen atoms in total. The number of anilines is 2. The third-order valence-electron chi connectivity index (χ3n) is 4.88. The summed E-state index contributed by atoms with van der Waals surface area (Å²) in [6.07, 6.45) is -3.90. The maximum absolute atomic E-state index is 13.2. The van der Waals surface area contributed by atoms with E-state index >= 15 is 0 Å². The van der Waals surface area contributed by atoms with Gasteiger partial charge in [0, 0.05) is 19.1 Å². The van der Waals surface area contributed by atoms with E-state index in [1.807, 2.05) is 11.8 Å². The van der Waals surface area contributed by atoms with E-state index in [9.17, 15) is 13.2 Å². The second-order valence-electron chi connectivity index (χ2n) is 6.80. The Morgan fingerprint density at radius 3 is 2.42 bits per heavy atom. The van der Waals surface area contributed by atoms with Gasteiger partial charge < -0.3 is 10.2 Å². The molecule has 3 aliphatic carbocycles. The first-order valence-corrected chi connectivity index (χ1v) is 8.60. The molecule has 0 amide bonds. The highest BCUT2D eigenvalue weighted by Gasteiger charge is 2.80. The minimum atomic E-state index is -4.15. The van der Waals surface area contributed by atoms with Gasteiger partial charge in [0.05, 0.1) is 9.89 Å². The van der Waals surface area contributed by atoms with Crippen molar-refractivity contribution in [2.24, 2.45) is 5.41 Å². The summed E-state index contributed by atoms with van der Waals surface area (Å²) < 4.78 is 40.0. The summed E-state index contributed by atoms with van der Waals surface area (Å²) in [5, 5.41) is 3.03. The minimum absolute atomic E-state index is 0.0831. The number of hydrogen-bond donors (Lipinski definition) is 1. The third kappa shape index (κ3) is 2.49. The molecule has 0 saturated heterocycles. The van der Waals surface area contributed by atoms with E-state index in [1.165, 1.54) is 0 Å². The Balaban J connectivity index is 1.96. The molecule has 24 heavy (non-hydrogen) atoms. The molecule has 4 rings (SSSR count). The molecule has 1 N–H and O–H groups in total. The predicted molar refractivity (Wildman–Crippen MR) is 91.5 cm³/mol. The summed E-state index contributed by atoms with van der Waals surface area (Å²) >= 11 is 9.51. The van der Waals surface area contributed by atoms with Crippen LogP contribution < -0.4 is 10.2 Å². The van der Waals surface area contributed by atoms with Crippen LogP contribution >= 0.6 is 27.5 Å². The molecular formula is C15H17BrClF3N4. The van der Waals surface area contributed by atoms with Gasteiger partial charge in [0.2, 0.25) is 5.95 Å². The van der Waals surface area contributed by atoms with Crippen LogP contribution in [0, 0.1) is 5.41 Å². The largest absolute Gasteiger partial charge is 0.394 e. The van der Waals surface area contributed by atoms with Gasteiger partial charge in [-0.1, -0.05) is 23.8 Å². The Bertz CT molecular complexity index is 687. The Morgan fingerprint density at radius 2 is 1.96 bits per heavy atom. The molecule has 0 atom stereocenters. The van der Waals surface area contributed by atoms with Gasteiger partial charge in [0.25, 0.3) is 0 Å². The van der Waals surface area contributed by atoms with Gasteiger partial charge in [-0.2, -0.15) is 23.1 Å². The minimum Gasteiger partial charge on any atom is -0.357 e. The molecule has 0 radical (unpaired) electrons. The first-order valence-electron chi connectivity index (χ1n) is 7.43. The third-order valence-corrected chi connectivity index (χ3v) is 6.11. The zero-order valence-corrected chi connectivity index (χ0v) is 15.6. The fraction of sp³-hybridized carbons (Fsp3) is 0.600. The first kappa shape index (κ1) is 17.8. The van der Waals surface area contributed by atoms with Crippen LogP contribution in [0.25, 0.3) is 0 Å². The summed E-state index contributed by atoms with van der Waals surface area (Å²) in [5.74, 6) is 0.819. The van der Waals surface area contributed by atoms with Gasteiger partial charge >= 0.3 is 6.18 Å². The van der Waals surface area contributed by atoms with E-state index in [-0.39, 0.29) is 24.4 Å². The lowest BCUT2D eigenvalue weighted by molar-refractivity contribution is -0.332. The van der Waals surface area contributed by atoms with Crippen molar-refractivity contribution < 1.29 is 13.2 Å². The quantitative estimate of drug-likeness (QED) is 0.543. The number of halogens is 5. The molecule has 132 valence electrons. The summed E-state index contributed by atoms with van der Waals surface area (Å²) in [4.78, 5) is 10.4. The molecule has 1 aromatic rings. The van der Waals surface area contributed by atoms with Gasteiger partial charge in [-0.25, -0.2) is 0 Å². The molecule has 0 aromatic carbocycles. The van der Waals surface area contributed by atoms with E-state index in [0.717, 1.165) is 5.57 Å². The monoisotopic (exact) mass is 424 g/mol. The van der Waals surface area contributed by atoms with Crippen LogP contribution in [0.15, 0.2) is 16.6 Å². The number of nitrogens with one attached hydrogen (secondary N) is 1. The molecule has 3 fully saturated rings. The van der Waals surface area contributed by atoms with Gasteiger partial charge in [-0.05, 0) is 42.1 Å². The number of aromatic nitrogens is 2. The van der Waals surface area contributed by atoms with Crippen molar-refractivity contribution in [3.8, 4) is 0 Å². The van der Waals surface area contributed by atoms with Crippen LogP contribution in [0.5, 0.6) is 0 Å². The number of nitrogens with zero attached hydrogens (tertiary/aromatic N) is 3. The van der Waals surface area contributed by atoms with Crippen molar-refractivity contribution in [3.05, 3.63) is 21.8 Å². The summed E-state index contributed by atoms with van der Waals surface area (Å²) in [6, 6.07) is 0. The van der Waals surface area contributed by atoms with E-state index in [0.29, 0.717) is 22.8 Å². The average Bonchev–Trinajstić information content (AvgIpc) is 2.35. The van der Waals surface area contributed by atoms with Gasteiger partial charge in [0.1, 0.15) is 0 Å². The maximum atomic E-state index is 13.2. The highest BCUT2D eigenvalue weighted by Crippen LogP contribution is 2.75. The first-order chi connectivity index (χ1) is 11.0. The standard InChI is InChI=1S/C15H17BrClF3N4/c1-8(2)4-24(11-9(16)10(17)22-12(21-3)23-11)14-5-13(6-14,7-14)15(18,19)20/h1,4-7H2,2-3H3,(H,21,22,23). The smallest absolute Gasteiger partial charge is 0.357 e. The second-order valence-corrected chi connectivity index (χ2v) is 7.95. The number of alkyl halides is 3. The van der Waals surface area contributed by atoms with Crippen LogP contribution in [0.4, 0.5) is 24.9 Å². The zero-order chi connectivity index (χ0) is 17.9. The Morgan fingerprint density at radius 1 is 1.38 bits per heavy atom. The molecule has 0 aliphatic heterocycles. The van der Waals surface area contributed by atoms with Gasteiger partial charge in [-0.3, -0.25) is 0 Å². The molecule has 2 bridgehead atoms. The van der Waals surface area contributed by atoms with Crippen LogP contribution in [-0.2, 0) is 0 Å². The van der Waals surface area contributed by atoms with Crippen molar-refractivity contribution in [3.63, 3.8) is 0 Å². The van der Waals surface area contributed by atoms with Gasteiger partial charge in [-0.15, -0.1) is 0 Å². The van der Waals surface area contributed by atoms with E-state index < -0.39 is 17.1 Å². The topological polar surface area (TPSA) is 41.1 Å². The average molecular weight is 426 g/mol. The summed E-state index contributed by atoms with van der Waals surface area (Å²) in [6.45, 7) is 6.16. The maximum Gasteiger partial charge on any atom is 0.394 e. The number of hydrogen-bond acceptors (Lipinski definition) is 4. The van der Waals surface area contributed by atoms with Crippen molar-refractivity contribution in [2.75, 3.05) is 23.8 Å². The molecule has 0 unspecified atom stereocenters. The SMILES string of the molecule is C=C(C)CN(c1nc(NC)nc(Cl)c1Br)C12CC(C(F)(F)F)(C1)C2. The van der Waals surface area contributed by atoms with Crippen molar-refractivity contribution >= 4 is 39.3 Å². The molecule has 3 aliphatic rings. The van der Waals surface area contributed by atoms with E-state index in [4.69, 9.17) is 11.6 Å². The molecular weight excluding hydrogens is 409 g/mol. The van der Waals surface area contributed by atoms with E-state index in [1.54, 1.807) is 7.05 Å². The summed E-state index contributed by atoms with van der Waals surface area (Å²) in [7, 11) is 1.66. The molecule has 0 spiro atoms. The van der Waals surface area contributed by atoms with Crippen molar-refractivity contribution in [2.45, 2.75) is 37.9 Å². The molecule has 1 heterocycles. The lowest BCUT2D eigenvalue weighted by atomic mass is 9.38. The Labute approximate surface area is 151 Å². The lowest BCUT2D eigenvalue weighted by Crippen LogP contribution is -2.79. The van der Waals surface area contributed by atoms with Crippen LogP contribution in [0.1, 0.15) is 26.2 Å². The Hall–Kier alpha value is -1.02. The molecule has 1 aromatic heterocycles. The second kappa shape index (κ2) is 5.49. The Kier molecular flexibility index (Phi) is 4.07. The summed E-state index contributed by atoms with van der Waals surface area (Å²) in [5.41, 5.74) is -1.23.